The van der Waals surface area contributed by atoms with Crippen molar-refractivity contribution in [2.24, 2.45) is 20.4 Å². The van der Waals surface area contributed by atoms with Crippen LogP contribution in [0.1, 0.15) is 64.1 Å². The number of aliphatic carboxylic acids is 4. The molecular formula is C38H46Dy2N8O12. The van der Waals surface area contributed by atoms with Crippen LogP contribution in [0, 0.1) is 76.3 Å². The zero-order valence-corrected chi connectivity index (χ0v) is 37.3. The molecular weight excluding hydrogens is 1090 g/mol. The van der Waals surface area contributed by atoms with E-state index in [1.807, 2.05) is 12.1 Å². The third-order valence-electron chi connectivity index (χ3n) is 4.44. The Balaban J connectivity index is -0.000000161. The summed E-state index contributed by atoms with van der Waals surface area (Å²) < 4.78 is 0. The predicted molar refractivity (Wildman–Crippen MR) is 207 cm³/mol. The van der Waals surface area contributed by atoms with Gasteiger partial charge in [0, 0.05) is 83.8 Å². The Morgan fingerprint density at radius 3 is 0.983 bits per heavy atom. The number of nitrogens with two attached hydrogens (primary N) is 2. The van der Waals surface area contributed by atoms with E-state index in [0.717, 1.165) is 27.7 Å². The van der Waals surface area contributed by atoms with Crippen LogP contribution in [-0.2, 0) is 19.2 Å². The molecule has 20 nitrogen and oxygen atoms in total. The molecule has 4 aromatic rings. The van der Waals surface area contributed by atoms with Gasteiger partial charge < -0.3 is 71.5 Å². The fraction of sp³-hybridized carbons (Fsp3) is 0.211. The van der Waals surface area contributed by atoms with Crippen LogP contribution in [0.2, 0.25) is 0 Å². The molecule has 0 unspecified atom stereocenters. The zero-order valence-electron chi connectivity index (χ0n) is 33.3. The second-order valence-corrected chi connectivity index (χ2v) is 9.58. The molecule has 2 aromatic carbocycles. The van der Waals surface area contributed by atoms with Crippen LogP contribution in [0.4, 0.5) is 11.4 Å². The van der Waals surface area contributed by atoms with Crippen molar-refractivity contribution in [1.29, 1.82) is 0 Å². The molecule has 0 aliphatic heterocycles. The first kappa shape index (κ1) is 66.8. The molecule has 330 valence electrons. The first-order valence-electron chi connectivity index (χ1n) is 16.3. The Kier molecular flexibility index (Phi) is 51.9. The van der Waals surface area contributed by atoms with Crippen LogP contribution in [0.3, 0.4) is 0 Å². The molecule has 0 fully saturated rings. The smallest absolute Gasteiger partial charge is 0.857 e. The first-order valence-corrected chi connectivity index (χ1v) is 16.3. The van der Waals surface area contributed by atoms with E-state index in [2.05, 4.69) is 30.4 Å². The molecule has 22 heteroatoms. The summed E-state index contributed by atoms with van der Waals surface area (Å²) in [6.07, 6.45) is 6.10. The number of para-hydroxylation sites is 2. The second-order valence-electron chi connectivity index (χ2n) is 9.58. The number of carboxylic acid groups (broad SMARTS) is 4. The first-order chi connectivity index (χ1) is 27.3. The molecule has 2 aromatic heterocycles. The average Bonchev–Trinajstić information content (AvgIpc) is 3.13. The summed E-state index contributed by atoms with van der Waals surface area (Å²) in [6, 6.07) is 24.2. The van der Waals surface area contributed by atoms with Crippen molar-refractivity contribution in [3.63, 3.8) is 0 Å². The Labute approximate surface area is 408 Å². The number of pyridine rings is 2. The summed E-state index contributed by atoms with van der Waals surface area (Å²) in [5.41, 5.74) is 14.1. The number of aromatic nitrogens is 2. The minimum Gasteiger partial charge on any atom is -0.857 e. The van der Waals surface area contributed by atoms with Crippen molar-refractivity contribution in [2.45, 2.75) is 41.5 Å². The number of carboxylic acids is 4. The molecule has 2 radical (unpaired) electrons. The van der Waals surface area contributed by atoms with Gasteiger partial charge in [0.15, 0.2) is 0 Å². The van der Waals surface area contributed by atoms with Crippen LogP contribution in [0.15, 0.2) is 118 Å². The van der Waals surface area contributed by atoms with Gasteiger partial charge in [-0.1, -0.05) is 48.5 Å². The molecule has 0 bridgehead atoms. The fourth-order valence-corrected chi connectivity index (χ4v) is 2.68. The summed E-state index contributed by atoms with van der Waals surface area (Å²) in [7, 11) is 0. The number of benzene rings is 2. The largest absolute Gasteiger partial charge is 3.00 e. The predicted octanol–water partition coefficient (Wildman–Crippen LogP) is -3.37. The minimum atomic E-state index is -1.08. The summed E-state index contributed by atoms with van der Waals surface area (Å²) in [5.74, 6) is -5.28. The van der Waals surface area contributed by atoms with Crippen molar-refractivity contribution < 1.29 is 136 Å². The Bertz CT molecular complexity index is 1660. The van der Waals surface area contributed by atoms with Gasteiger partial charge in [0.1, 0.15) is 0 Å². The van der Waals surface area contributed by atoms with Crippen molar-refractivity contribution in [3.05, 3.63) is 120 Å². The molecule has 2 heterocycles. The maximum Gasteiger partial charge on any atom is 3.00 e. The van der Waals surface area contributed by atoms with Gasteiger partial charge >= 0.3 is 76.3 Å². The normalized spacial score (nSPS) is 9.40. The molecule has 0 saturated carbocycles. The van der Waals surface area contributed by atoms with Gasteiger partial charge in [0.2, 0.25) is 0 Å². The number of nitrogens with zero attached hydrogens (tertiary/aromatic N) is 6. The standard InChI is InChI=1S/2C13H12N4O.4C2H4O2.2C2H6O.2Dy/c2*14-12-7-2-1-6-11(12)13(18)17-16-9-10-5-3-4-8-15-10;4*1-2(3)4;2*1-2-3;;/h2*1-9H,14H2,(H,17,18);4*1H3,(H,3,4);2*3H,2H2,1H3;;/q;;;;;;;;2*+3/p-6/b2*16-9+;;;;;;;;. The summed E-state index contributed by atoms with van der Waals surface area (Å²) in [6.45, 7) is 7.75. The number of hydrogen-bond acceptors (Lipinski definition) is 20. The topological polar surface area (TPSA) is 374 Å². The molecule has 60 heavy (non-hydrogen) atoms. The maximum atomic E-state index is 11.7. The number of aliphatic hydroxyl groups is 2. The van der Waals surface area contributed by atoms with Crippen molar-refractivity contribution in [1.82, 2.24) is 9.97 Å². The quantitative estimate of drug-likeness (QED) is 0.0634. The van der Waals surface area contributed by atoms with Gasteiger partial charge in [-0.3, -0.25) is 9.97 Å². The summed E-state index contributed by atoms with van der Waals surface area (Å²) in [5, 5.41) is 88.5. The molecule has 0 spiro atoms. The molecule has 6 N–H and O–H groups in total. The number of aliphatic hydroxyl groups excluding tert-OH is 2. The fourth-order valence-electron chi connectivity index (χ4n) is 2.68. The van der Waals surface area contributed by atoms with E-state index >= 15 is 0 Å². The van der Waals surface area contributed by atoms with E-state index in [0.29, 0.717) is 33.9 Å². The van der Waals surface area contributed by atoms with Crippen molar-refractivity contribution >= 4 is 59.5 Å². The number of anilines is 2. The van der Waals surface area contributed by atoms with Crippen molar-refractivity contribution in [2.75, 3.05) is 24.7 Å². The van der Waals surface area contributed by atoms with E-state index in [-0.39, 0.29) is 89.6 Å². The monoisotopic (exact) mass is 1130 g/mol. The molecule has 0 amide bonds. The van der Waals surface area contributed by atoms with E-state index in [1.54, 1.807) is 99.0 Å². The second kappa shape index (κ2) is 46.7. The van der Waals surface area contributed by atoms with Crippen molar-refractivity contribution in [3.8, 4) is 0 Å². The van der Waals surface area contributed by atoms with Gasteiger partial charge in [0.05, 0.1) is 23.8 Å². The molecule has 4 rings (SSSR count). The van der Waals surface area contributed by atoms with Gasteiger partial charge in [-0.25, -0.2) is 0 Å². The Morgan fingerprint density at radius 2 is 0.767 bits per heavy atom. The van der Waals surface area contributed by atoms with Crippen LogP contribution < -0.4 is 42.1 Å². The van der Waals surface area contributed by atoms with Crippen LogP contribution >= 0.6 is 0 Å². The van der Waals surface area contributed by atoms with Gasteiger partial charge in [-0.2, -0.15) is 20.4 Å². The molecule has 0 aliphatic carbocycles. The number of hydrogen-bond donors (Lipinski definition) is 4. The summed E-state index contributed by atoms with van der Waals surface area (Å²) >= 11 is 0. The Hall–Kier alpha value is -5.03. The van der Waals surface area contributed by atoms with E-state index in [9.17, 15) is 10.2 Å². The SMILES string of the molecule is CC(=O)[O-].CC(=O)[O-].CC(=O)[O-].CC(=O)[O-].CCO.CCO.Nc1ccccc1/C([O-])=N/N=C/c1ccccn1.Nc1ccccc1/C([O-])=N/N=C/c1ccccn1.[Dy+3].[Dy+3]. The van der Waals surface area contributed by atoms with Gasteiger partial charge in [-0.15, -0.1) is 0 Å². The zero-order chi connectivity index (χ0) is 45.3. The maximum absolute atomic E-state index is 11.7. The van der Waals surface area contributed by atoms with Gasteiger partial charge in [-0.05, 0) is 77.9 Å². The van der Waals surface area contributed by atoms with Crippen LogP contribution in [0.5, 0.6) is 0 Å². The molecule has 0 saturated heterocycles. The summed E-state index contributed by atoms with van der Waals surface area (Å²) in [4.78, 5) is 43.6. The molecule has 0 aliphatic rings. The Morgan fingerprint density at radius 1 is 0.533 bits per heavy atom. The van der Waals surface area contributed by atoms with E-state index in [1.165, 1.54) is 12.4 Å². The third-order valence-corrected chi connectivity index (χ3v) is 4.44. The minimum absolute atomic E-state index is 0. The van der Waals surface area contributed by atoms with E-state index in [4.69, 9.17) is 61.3 Å². The van der Waals surface area contributed by atoms with E-state index < -0.39 is 35.7 Å². The number of rotatable bonds is 6. The number of carbonyl (C=O) groups excluding carboxylic acids is 4. The third kappa shape index (κ3) is 51.0. The average molecular weight is 1130 g/mol. The van der Waals surface area contributed by atoms with Crippen LogP contribution in [-0.4, -0.2) is 81.5 Å². The van der Waals surface area contributed by atoms with Gasteiger partial charge in [0.25, 0.3) is 0 Å². The number of carbonyl (C=O) groups is 4. The van der Waals surface area contributed by atoms with Crippen LogP contribution in [0.25, 0.3) is 0 Å². The molecule has 0 atom stereocenters. The number of nitrogen functional groups attached to an aromatic ring is 2.